The molecule has 0 spiro atoms. The van der Waals surface area contributed by atoms with Gasteiger partial charge in [0.05, 0.1) is 5.69 Å². The Morgan fingerprint density at radius 2 is 2.10 bits per heavy atom. The summed E-state index contributed by atoms with van der Waals surface area (Å²) in [7, 11) is 0. The number of hydrogen-bond donors (Lipinski definition) is 1. The van der Waals surface area contributed by atoms with E-state index in [1.807, 2.05) is 34.6 Å². The van der Waals surface area contributed by atoms with E-state index in [1.54, 1.807) is 16.8 Å². The predicted octanol–water partition coefficient (Wildman–Crippen LogP) is 2.75. The highest BCUT2D eigenvalue weighted by Gasteiger charge is 2.21. The molecule has 2 heterocycles. The Morgan fingerprint density at radius 3 is 2.65 bits per heavy atom. The summed E-state index contributed by atoms with van der Waals surface area (Å²) in [5.74, 6) is 0.913. The molecular formula is C14H20N4O2. The van der Waals surface area contributed by atoms with Crippen LogP contribution >= 0.6 is 0 Å². The number of anilines is 1. The lowest BCUT2D eigenvalue weighted by Gasteiger charge is -2.12. The molecule has 1 amide bonds. The molecule has 0 saturated carbocycles. The second-order valence-corrected chi connectivity index (χ2v) is 5.77. The molecule has 0 aliphatic rings. The normalized spacial score (nSPS) is 11.7. The summed E-state index contributed by atoms with van der Waals surface area (Å²) in [6.07, 6.45) is 0. The van der Waals surface area contributed by atoms with E-state index >= 15 is 0 Å². The van der Waals surface area contributed by atoms with Crippen LogP contribution < -0.4 is 5.32 Å². The number of hydrogen-bond acceptors (Lipinski definition) is 4. The van der Waals surface area contributed by atoms with Gasteiger partial charge in [0.2, 0.25) is 0 Å². The summed E-state index contributed by atoms with van der Waals surface area (Å²) in [4.78, 5) is 12.2. The van der Waals surface area contributed by atoms with E-state index in [1.165, 1.54) is 0 Å². The molecule has 2 rings (SSSR count). The predicted molar refractivity (Wildman–Crippen MR) is 75.8 cm³/mol. The highest BCUT2D eigenvalue weighted by atomic mass is 16.5. The van der Waals surface area contributed by atoms with E-state index in [2.05, 4.69) is 15.6 Å². The fraction of sp³-hybridized carbons (Fsp3) is 0.500. The summed E-state index contributed by atoms with van der Waals surface area (Å²) in [5.41, 5.74) is 1.19. The monoisotopic (exact) mass is 276 g/mol. The van der Waals surface area contributed by atoms with Crippen LogP contribution in [0.4, 0.5) is 5.82 Å². The average molecular weight is 276 g/mol. The number of carbonyl (C=O) groups is 1. The van der Waals surface area contributed by atoms with E-state index in [-0.39, 0.29) is 11.3 Å². The van der Waals surface area contributed by atoms with Crippen LogP contribution in [0, 0.1) is 6.92 Å². The van der Waals surface area contributed by atoms with Crippen molar-refractivity contribution in [3.63, 3.8) is 0 Å². The van der Waals surface area contributed by atoms with E-state index in [0.29, 0.717) is 18.1 Å². The van der Waals surface area contributed by atoms with Gasteiger partial charge in [-0.25, -0.2) is 0 Å². The topological polar surface area (TPSA) is 73.0 Å². The summed E-state index contributed by atoms with van der Waals surface area (Å²) < 4.78 is 6.90. The maximum absolute atomic E-state index is 12.2. The molecule has 108 valence electrons. The van der Waals surface area contributed by atoms with Gasteiger partial charge in [-0.15, -0.1) is 0 Å². The van der Waals surface area contributed by atoms with Crippen molar-refractivity contribution < 1.29 is 9.32 Å². The Bertz CT molecular complexity index is 619. The molecule has 0 atom stereocenters. The molecule has 0 aromatic carbocycles. The van der Waals surface area contributed by atoms with Crippen molar-refractivity contribution in [3.05, 3.63) is 29.3 Å². The molecule has 1 N–H and O–H groups in total. The zero-order valence-electron chi connectivity index (χ0n) is 12.5. The van der Waals surface area contributed by atoms with Crippen molar-refractivity contribution in [2.24, 2.45) is 0 Å². The van der Waals surface area contributed by atoms with E-state index < -0.39 is 0 Å². The Labute approximate surface area is 118 Å². The summed E-state index contributed by atoms with van der Waals surface area (Å²) in [6.45, 7) is 10.5. The molecule has 0 bridgehead atoms. The largest absolute Gasteiger partial charge is 0.359 e. The molecule has 20 heavy (non-hydrogen) atoms. The molecule has 2 aromatic rings. The first-order chi connectivity index (χ1) is 9.31. The van der Waals surface area contributed by atoms with Crippen LogP contribution in [0.3, 0.4) is 0 Å². The number of amides is 1. The van der Waals surface area contributed by atoms with Crippen LogP contribution in [0.1, 0.15) is 49.6 Å². The maximum atomic E-state index is 12.2. The third-order valence-corrected chi connectivity index (χ3v) is 2.93. The quantitative estimate of drug-likeness (QED) is 0.935. The minimum atomic E-state index is -0.235. The first-order valence-corrected chi connectivity index (χ1v) is 6.64. The van der Waals surface area contributed by atoms with Crippen molar-refractivity contribution in [1.29, 1.82) is 0 Å². The second-order valence-electron chi connectivity index (χ2n) is 5.77. The molecule has 6 heteroatoms. The number of nitrogens with zero attached hydrogens (tertiary/aromatic N) is 3. The standard InChI is InChI=1S/C14H20N4O2/c1-6-18-10(7-9(2)16-18)13(19)15-12-8-11(20-17-12)14(3,4)5/h7-8H,6H2,1-5H3,(H,15,17,19). The zero-order chi connectivity index (χ0) is 14.9. The Balaban J connectivity index is 2.17. The SMILES string of the molecule is CCn1nc(C)cc1C(=O)Nc1cc(C(C)(C)C)on1. The summed E-state index contributed by atoms with van der Waals surface area (Å²) in [5, 5.41) is 10.9. The molecular weight excluding hydrogens is 256 g/mol. The van der Waals surface area contributed by atoms with Crippen molar-refractivity contribution in [3.8, 4) is 0 Å². The molecule has 0 aliphatic heterocycles. The summed E-state index contributed by atoms with van der Waals surface area (Å²) in [6, 6.07) is 3.50. The number of aryl methyl sites for hydroxylation is 2. The zero-order valence-corrected chi connectivity index (χ0v) is 12.5. The molecule has 0 fully saturated rings. The minimum Gasteiger partial charge on any atom is -0.359 e. The second kappa shape index (κ2) is 5.11. The smallest absolute Gasteiger partial charge is 0.275 e. The Hall–Kier alpha value is -2.11. The van der Waals surface area contributed by atoms with Crippen molar-refractivity contribution >= 4 is 11.7 Å². The van der Waals surface area contributed by atoms with Crippen LogP contribution in [-0.4, -0.2) is 20.8 Å². The minimum absolute atomic E-state index is 0.141. The van der Waals surface area contributed by atoms with Gasteiger partial charge in [-0.2, -0.15) is 5.10 Å². The highest BCUT2D eigenvalue weighted by Crippen LogP contribution is 2.24. The molecule has 0 aliphatic carbocycles. The van der Waals surface area contributed by atoms with Crippen LogP contribution in [0.2, 0.25) is 0 Å². The molecule has 0 unspecified atom stereocenters. The first kappa shape index (κ1) is 14.3. The van der Waals surface area contributed by atoms with E-state index in [4.69, 9.17) is 4.52 Å². The van der Waals surface area contributed by atoms with Gasteiger partial charge in [0, 0.05) is 18.0 Å². The highest BCUT2D eigenvalue weighted by molar-refractivity contribution is 6.02. The van der Waals surface area contributed by atoms with Crippen molar-refractivity contribution in [2.45, 2.75) is 46.6 Å². The van der Waals surface area contributed by atoms with Gasteiger partial charge in [-0.3, -0.25) is 9.48 Å². The summed E-state index contributed by atoms with van der Waals surface area (Å²) >= 11 is 0. The van der Waals surface area contributed by atoms with E-state index in [9.17, 15) is 4.79 Å². The number of rotatable bonds is 3. The number of carbonyl (C=O) groups excluding carboxylic acids is 1. The fourth-order valence-corrected chi connectivity index (χ4v) is 1.84. The van der Waals surface area contributed by atoms with Crippen LogP contribution in [-0.2, 0) is 12.0 Å². The van der Waals surface area contributed by atoms with Gasteiger partial charge in [0.15, 0.2) is 5.82 Å². The van der Waals surface area contributed by atoms with Crippen LogP contribution in [0.15, 0.2) is 16.7 Å². The third kappa shape index (κ3) is 2.89. The van der Waals surface area contributed by atoms with Crippen LogP contribution in [0.25, 0.3) is 0 Å². The molecule has 0 radical (unpaired) electrons. The van der Waals surface area contributed by atoms with Crippen LogP contribution in [0.5, 0.6) is 0 Å². The van der Waals surface area contributed by atoms with Gasteiger partial charge in [-0.1, -0.05) is 25.9 Å². The van der Waals surface area contributed by atoms with Gasteiger partial charge in [0.1, 0.15) is 11.5 Å². The number of aromatic nitrogens is 3. The lowest BCUT2D eigenvalue weighted by molar-refractivity contribution is 0.101. The van der Waals surface area contributed by atoms with Gasteiger partial charge < -0.3 is 9.84 Å². The third-order valence-electron chi connectivity index (χ3n) is 2.93. The van der Waals surface area contributed by atoms with Gasteiger partial charge >= 0.3 is 0 Å². The molecule has 2 aromatic heterocycles. The first-order valence-electron chi connectivity index (χ1n) is 6.64. The fourth-order valence-electron chi connectivity index (χ4n) is 1.84. The number of nitrogens with one attached hydrogen (secondary N) is 1. The average Bonchev–Trinajstić information content (AvgIpc) is 2.94. The van der Waals surface area contributed by atoms with Gasteiger partial charge in [0.25, 0.3) is 5.91 Å². The van der Waals surface area contributed by atoms with Crippen molar-refractivity contribution in [1.82, 2.24) is 14.9 Å². The van der Waals surface area contributed by atoms with Crippen molar-refractivity contribution in [2.75, 3.05) is 5.32 Å². The Morgan fingerprint density at radius 1 is 1.40 bits per heavy atom. The Kier molecular flexibility index (Phi) is 3.65. The molecule has 0 saturated heterocycles. The molecule has 6 nitrogen and oxygen atoms in total. The lowest BCUT2D eigenvalue weighted by Crippen LogP contribution is -2.17. The maximum Gasteiger partial charge on any atom is 0.275 e. The lowest BCUT2D eigenvalue weighted by atomic mass is 9.93. The van der Waals surface area contributed by atoms with E-state index in [0.717, 1.165) is 11.5 Å². The van der Waals surface area contributed by atoms with Gasteiger partial charge in [-0.05, 0) is 19.9 Å².